The van der Waals surface area contributed by atoms with Gasteiger partial charge >= 0.3 is 0 Å². The molecule has 26 heavy (non-hydrogen) atoms. The number of amides is 1. The molecule has 128 valence electrons. The number of rotatable bonds is 4. The molecule has 0 unspecified atom stereocenters. The summed E-state index contributed by atoms with van der Waals surface area (Å²) in [7, 11) is 0. The van der Waals surface area contributed by atoms with Crippen molar-refractivity contribution in [3.63, 3.8) is 0 Å². The van der Waals surface area contributed by atoms with Crippen LogP contribution in [0.4, 0.5) is 5.69 Å². The van der Waals surface area contributed by atoms with Crippen LogP contribution in [0.2, 0.25) is 0 Å². The third kappa shape index (κ3) is 2.97. The minimum Gasteiger partial charge on any atom is -0.464 e. The lowest BCUT2D eigenvalue weighted by molar-refractivity contribution is -0.115. The molecule has 0 aliphatic rings. The van der Waals surface area contributed by atoms with Crippen molar-refractivity contribution in [2.24, 2.45) is 0 Å². The van der Waals surface area contributed by atoms with Crippen molar-refractivity contribution < 1.29 is 14.0 Å². The summed E-state index contributed by atoms with van der Waals surface area (Å²) >= 11 is 0. The predicted molar refractivity (Wildman–Crippen MR) is 103 cm³/mol. The number of ketones is 1. The first-order valence-corrected chi connectivity index (χ1v) is 8.40. The van der Waals surface area contributed by atoms with Gasteiger partial charge in [0.15, 0.2) is 5.78 Å². The molecule has 0 bridgehead atoms. The number of anilines is 1. The highest BCUT2D eigenvalue weighted by atomic mass is 16.3. The molecule has 0 fully saturated rings. The highest BCUT2D eigenvalue weighted by molar-refractivity contribution is 6.09. The van der Waals surface area contributed by atoms with E-state index >= 15 is 0 Å². The van der Waals surface area contributed by atoms with Crippen LogP contribution in [0, 0.1) is 0 Å². The summed E-state index contributed by atoms with van der Waals surface area (Å²) in [5.74, 6) is -0.129. The van der Waals surface area contributed by atoms with E-state index in [4.69, 9.17) is 4.42 Å². The molecule has 4 rings (SSSR count). The summed E-state index contributed by atoms with van der Waals surface area (Å²) in [6.07, 6.45) is 1.87. The van der Waals surface area contributed by atoms with Crippen LogP contribution in [0.3, 0.4) is 0 Å². The fourth-order valence-electron chi connectivity index (χ4n) is 3.17. The Balaban J connectivity index is 1.59. The molecule has 1 aromatic heterocycles. The second-order valence-electron chi connectivity index (χ2n) is 6.28. The molecular weight excluding hydrogens is 326 g/mol. The second kappa shape index (κ2) is 6.48. The Hall–Kier alpha value is -3.40. The molecule has 1 heterocycles. The summed E-state index contributed by atoms with van der Waals surface area (Å²) < 4.78 is 5.63. The van der Waals surface area contributed by atoms with Crippen LogP contribution >= 0.6 is 0 Å². The fourth-order valence-corrected chi connectivity index (χ4v) is 3.17. The van der Waals surface area contributed by atoms with Gasteiger partial charge in [-0.05, 0) is 48.0 Å². The first kappa shape index (κ1) is 16.1. The van der Waals surface area contributed by atoms with Gasteiger partial charge in [-0.15, -0.1) is 0 Å². The first-order valence-electron chi connectivity index (χ1n) is 8.40. The number of Topliss-reactive ketones (excluding diaryl/α,β-unsaturated/α-hetero) is 1. The Morgan fingerprint density at radius 1 is 0.962 bits per heavy atom. The van der Waals surface area contributed by atoms with Crippen molar-refractivity contribution in [1.82, 2.24) is 0 Å². The van der Waals surface area contributed by atoms with Gasteiger partial charge in [0.1, 0.15) is 5.58 Å². The van der Waals surface area contributed by atoms with Crippen molar-refractivity contribution in [1.29, 1.82) is 0 Å². The number of carbonyl (C=O) groups is 2. The number of benzene rings is 3. The maximum Gasteiger partial charge on any atom is 0.228 e. The zero-order valence-corrected chi connectivity index (χ0v) is 14.3. The SMILES string of the molecule is CC(=O)c1ccc(NC(=O)Cc2coc3ccc4ccccc4c23)cc1. The zero-order chi connectivity index (χ0) is 18.1. The van der Waals surface area contributed by atoms with Gasteiger partial charge in [0.05, 0.1) is 12.7 Å². The molecule has 0 aliphatic heterocycles. The van der Waals surface area contributed by atoms with Gasteiger partial charge in [-0.1, -0.05) is 30.3 Å². The van der Waals surface area contributed by atoms with E-state index in [1.54, 1.807) is 30.5 Å². The lowest BCUT2D eigenvalue weighted by Gasteiger charge is -2.06. The van der Waals surface area contributed by atoms with Crippen molar-refractivity contribution in [3.05, 3.63) is 78.1 Å². The van der Waals surface area contributed by atoms with Crippen LogP contribution in [0.1, 0.15) is 22.8 Å². The van der Waals surface area contributed by atoms with E-state index in [-0.39, 0.29) is 18.1 Å². The maximum atomic E-state index is 12.5. The van der Waals surface area contributed by atoms with Crippen molar-refractivity contribution in [2.45, 2.75) is 13.3 Å². The van der Waals surface area contributed by atoms with Crippen LogP contribution < -0.4 is 5.32 Å². The Morgan fingerprint density at radius 2 is 1.73 bits per heavy atom. The number of furan rings is 1. The van der Waals surface area contributed by atoms with E-state index in [1.165, 1.54) is 6.92 Å². The lowest BCUT2D eigenvalue weighted by Crippen LogP contribution is -2.14. The van der Waals surface area contributed by atoms with E-state index in [1.807, 2.05) is 36.4 Å². The van der Waals surface area contributed by atoms with Gasteiger partial charge < -0.3 is 9.73 Å². The highest BCUT2D eigenvalue weighted by Gasteiger charge is 2.13. The predicted octanol–water partition coefficient (Wildman–Crippen LogP) is 4.97. The molecule has 0 aliphatic carbocycles. The van der Waals surface area contributed by atoms with Crippen LogP contribution in [0.25, 0.3) is 21.7 Å². The average molecular weight is 343 g/mol. The number of carbonyl (C=O) groups excluding carboxylic acids is 2. The lowest BCUT2D eigenvalue weighted by atomic mass is 10.0. The maximum absolute atomic E-state index is 12.5. The largest absolute Gasteiger partial charge is 0.464 e. The van der Waals surface area contributed by atoms with Crippen molar-refractivity contribution >= 4 is 39.1 Å². The number of nitrogens with one attached hydrogen (secondary N) is 1. The number of hydrogen-bond donors (Lipinski definition) is 1. The van der Waals surface area contributed by atoms with Crippen molar-refractivity contribution in [3.8, 4) is 0 Å². The molecule has 0 radical (unpaired) electrons. The molecule has 4 aromatic rings. The zero-order valence-electron chi connectivity index (χ0n) is 14.3. The molecule has 0 saturated carbocycles. The van der Waals surface area contributed by atoms with Gasteiger partial charge in [0.2, 0.25) is 5.91 Å². The summed E-state index contributed by atoms with van der Waals surface area (Å²) in [5, 5.41) is 6.03. The Kier molecular flexibility index (Phi) is 4.01. The number of fused-ring (bicyclic) bond motifs is 3. The fraction of sp³-hybridized carbons (Fsp3) is 0.0909. The average Bonchev–Trinajstić information content (AvgIpc) is 3.05. The standard InChI is InChI=1S/C22H17NO3/c1-14(24)15-6-9-18(10-7-15)23-21(25)12-17-13-26-20-11-8-16-4-2-3-5-19(16)22(17)20/h2-11,13H,12H2,1H3,(H,23,25). The normalized spacial score (nSPS) is 11.0. The van der Waals surface area contributed by atoms with Crippen LogP contribution in [-0.4, -0.2) is 11.7 Å². The van der Waals surface area contributed by atoms with Gasteiger partial charge in [-0.2, -0.15) is 0 Å². The van der Waals surface area contributed by atoms with E-state index in [0.717, 1.165) is 27.3 Å². The highest BCUT2D eigenvalue weighted by Crippen LogP contribution is 2.30. The van der Waals surface area contributed by atoms with Crippen LogP contribution in [0.15, 0.2) is 71.3 Å². The minimum absolute atomic E-state index is 0.000350. The van der Waals surface area contributed by atoms with E-state index < -0.39 is 0 Å². The third-order valence-corrected chi connectivity index (χ3v) is 4.47. The second-order valence-corrected chi connectivity index (χ2v) is 6.28. The summed E-state index contributed by atoms with van der Waals surface area (Å²) in [5.41, 5.74) is 2.92. The van der Waals surface area contributed by atoms with Gasteiger partial charge in [-0.3, -0.25) is 9.59 Å². The summed E-state index contributed by atoms with van der Waals surface area (Å²) in [4.78, 5) is 23.8. The number of hydrogen-bond acceptors (Lipinski definition) is 3. The van der Waals surface area contributed by atoms with Gasteiger partial charge in [-0.25, -0.2) is 0 Å². The molecule has 4 heteroatoms. The van der Waals surface area contributed by atoms with Crippen LogP contribution in [0.5, 0.6) is 0 Å². The van der Waals surface area contributed by atoms with E-state index in [2.05, 4.69) is 5.32 Å². The Bertz CT molecular complexity index is 1120. The Morgan fingerprint density at radius 3 is 2.50 bits per heavy atom. The topological polar surface area (TPSA) is 59.3 Å². The quantitative estimate of drug-likeness (QED) is 0.532. The van der Waals surface area contributed by atoms with Crippen LogP contribution in [-0.2, 0) is 11.2 Å². The molecule has 1 amide bonds. The first-order chi connectivity index (χ1) is 12.6. The molecule has 3 aromatic carbocycles. The molecule has 0 spiro atoms. The molecular formula is C22H17NO3. The summed E-state index contributed by atoms with van der Waals surface area (Å²) in [6, 6.07) is 18.9. The molecule has 4 nitrogen and oxygen atoms in total. The smallest absolute Gasteiger partial charge is 0.228 e. The third-order valence-electron chi connectivity index (χ3n) is 4.47. The van der Waals surface area contributed by atoms with Gasteiger partial charge in [0.25, 0.3) is 0 Å². The monoisotopic (exact) mass is 343 g/mol. The molecule has 0 atom stereocenters. The Labute approximate surface area is 150 Å². The van der Waals surface area contributed by atoms with Crippen molar-refractivity contribution in [2.75, 3.05) is 5.32 Å². The summed E-state index contributed by atoms with van der Waals surface area (Å²) in [6.45, 7) is 1.52. The minimum atomic E-state index is -0.129. The van der Waals surface area contributed by atoms with E-state index in [9.17, 15) is 9.59 Å². The van der Waals surface area contributed by atoms with Gasteiger partial charge in [0, 0.05) is 22.2 Å². The molecule has 1 N–H and O–H groups in total. The van der Waals surface area contributed by atoms with E-state index in [0.29, 0.717) is 11.3 Å². The molecule has 0 saturated heterocycles.